The molecule has 0 spiro atoms. The molecule has 125 heavy (non-hydrogen) atoms. The minimum absolute atomic E-state index is 0. The van der Waals surface area contributed by atoms with Crippen LogP contribution in [0.2, 0.25) is 24.2 Å². The number of hydrogen-bond acceptors (Lipinski definition) is 0. The van der Waals surface area contributed by atoms with E-state index in [1.807, 2.05) is 0 Å². The van der Waals surface area contributed by atoms with Crippen molar-refractivity contribution in [1.29, 1.82) is 0 Å². The van der Waals surface area contributed by atoms with Crippen LogP contribution in [0.3, 0.4) is 0 Å². The molecule has 0 heterocycles. The molecule has 0 radical (unpaired) electrons. The van der Waals surface area contributed by atoms with Gasteiger partial charge in [0.05, 0.1) is 0 Å². The molecule has 12 rings (SSSR count). The Morgan fingerprint density at radius 1 is 0.184 bits per heavy atom. The van der Waals surface area contributed by atoms with Crippen molar-refractivity contribution in [1.82, 2.24) is 0 Å². The first kappa shape index (κ1) is 103. The monoisotopic (exact) mass is 1770 g/mol. The molecule has 8 aromatic carbocycles. The van der Waals surface area contributed by atoms with Crippen LogP contribution in [0.5, 0.6) is 0 Å². The third-order valence-corrected chi connectivity index (χ3v) is 42.1. The summed E-state index contributed by atoms with van der Waals surface area (Å²) in [5.41, 5.74) is 16.8. The SMILES string of the molecule is CC1=CC(C)([N-]CCCCCCCC[SiH](c2ccccc2)c2ccccc2)C(C)=C1C.CC1=CC(C)([N-]CCCCCCCC[SiH](c2ccccc2)c2ccccc2)C(C)=C1C.CC1=CC(C)([N-]CCCCCCCC[SiH](c2ccccc2)c2ccccc2)C(C)=C1C.CC1=CC(C)([N-]CCCCCCCC[SiH](c2ccccc2)c2ccccc2)C(C)=C1C.[Ti+4]. The van der Waals surface area contributed by atoms with E-state index in [2.05, 4.69) is 378 Å². The molecule has 0 saturated heterocycles. The second-order valence-electron chi connectivity index (χ2n) is 37.6. The molecule has 4 unspecified atom stereocenters. The van der Waals surface area contributed by atoms with Crippen molar-refractivity contribution in [2.75, 3.05) is 26.2 Å². The largest absolute Gasteiger partial charge is 4.00 e. The summed E-state index contributed by atoms with van der Waals surface area (Å²) < 4.78 is 0. The molecule has 0 N–H and O–H groups in total. The molecule has 664 valence electrons. The van der Waals surface area contributed by atoms with Crippen molar-refractivity contribution in [3.05, 3.63) is 355 Å². The van der Waals surface area contributed by atoms with E-state index in [-0.39, 0.29) is 43.9 Å². The summed E-state index contributed by atoms with van der Waals surface area (Å²) in [4.78, 5) is 0. The molecule has 4 aliphatic rings. The van der Waals surface area contributed by atoms with Gasteiger partial charge >= 0.3 is 21.7 Å². The van der Waals surface area contributed by atoms with E-state index in [1.54, 1.807) is 41.5 Å². The summed E-state index contributed by atoms with van der Waals surface area (Å²) in [6, 6.07) is 95.2. The van der Waals surface area contributed by atoms with Crippen LogP contribution in [0.4, 0.5) is 0 Å². The van der Waals surface area contributed by atoms with Crippen LogP contribution >= 0.6 is 0 Å². The number of allylic oxidation sites excluding steroid dienone is 8. The summed E-state index contributed by atoms with van der Waals surface area (Å²) in [5, 5.41) is 32.8. The van der Waals surface area contributed by atoms with Gasteiger partial charge in [-0.25, -0.2) is 0 Å². The summed E-state index contributed by atoms with van der Waals surface area (Å²) in [6.07, 6.45) is 41.2. The smallest absolute Gasteiger partial charge is 0.650 e. The van der Waals surface area contributed by atoms with Crippen molar-refractivity contribution in [2.45, 2.75) is 311 Å². The van der Waals surface area contributed by atoms with Gasteiger partial charge in [0.15, 0.2) is 0 Å². The predicted molar refractivity (Wildman–Crippen MR) is 562 cm³/mol. The van der Waals surface area contributed by atoms with E-state index < -0.39 is 35.2 Å². The maximum Gasteiger partial charge on any atom is 4.00 e. The van der Waals surface area contributed by atoms with Gasteiger partial charge in [-0.1, -0.05) is 603 Å². The topological polar surface area (TPSA) is 56.4 Å². The Hall–Kier alpha value is -6.90. The quantitative estimate of drug-likeness (QED) is 0.0270. The molecule has 0 amide bonds. The Morgan fingerprint density at radius 3 is 0.440 bits per heavy atom. The van der Waals surface area contributed by atoms with Gasteiger partial charge in [0, 0.05) is 0 Å². The molecule has 4 nitrogen and oxygen atoms in total. The molecule has 8 aromatic rings. The standard InChI is InChI=1S/4C29H40NSi.Ti/c4*1-24-23-29(4,26(3)25(24)2)30-21-15-7-5-6-8-16-22-31(27-17-11-9-12-18-27)28-19-13-10-14-20-28;/h4*9-14,17-20,23,31H,5-8,15-16,21-22H2,1-4H3;/q4*-1;+4. The first-order valence-electron chi connectivity index (χ1n) is 48.7. The minimum Gasteiger partial charge on any atom is -0.650 e. The van der Waals surface area contributed by atoms with Gasteiger partial charge in [-0.15, -0.1) is 26.2 Å². The Morgan fingerprint density at radius 2 is 0.312 bits per heavy atom. The van der Waals surface area contributed by atoms with Crippen molar-refractivity contribution < 1.29 is 21.7 Å². The number of rotatable bonds is 48. The fourth-order valence-corrected chi connectivity index (χ4v) is 31.9. The van der Waals surface area contributed by atoms with E-state index in [4.69, 9.17) is 21.3 Å². The zero-order valence-corrected chi connectivity index (χ0v) is 86.8. The van der Waals surface area contributed by atoms with Gasteiger partial charge in [0.25, 0.3) is 0 Å². The maximum absolute atomic E-state index is 5.03. The van der Waals surface area contributed by atoms with Gasteiger partial charge in [0.1, 0.15) is 35.2 Å². The van der Waals surface area contributed by atoms with E-state index in [1.165, 1.54) is 245 Å². The van der Waals surface area contributed by atoms with Gasteiger partial charge in [-0.2, -0.15) is 0 Å². The summed E-state index contributed by atoms with van der Waals surface area (Å²) in [7, 11) is -4.33. The molecular formula is C116H160N4Si4Ti. The zero-order valence-electron chi connectivity index (χ0n) is 80.6. The van der Waals surface area contributed by atoms with Crippen molar-refractivity contribution >= 4 is 76.7 Å². The third kappa shape index (κ3) is 32.9. The van der Waals surface area contributed by atoms with Crippen molar-refractivity contribution in [3.63, 3.8) is 0 Å². The first-order chi connectivity index (χ1) is 60.0. The molecule has 0 bridgehead atoms. The number of unbranched alkanes of at least 4 members (excludes halogenated alkanes) is 20. The number of hydrogen-bond donors (Lipinski definition) is 0. The summed E-state index contributed by atoms with van der Waals surface area (Å²) in [5.74, 6) is 0. The number of nitrogens with zero attached hydrogens (tertiary/aromatic N) is 4. The Balaban J connectivity index is 0.000000206. The molecule has 0 saturated carbocycles. The number of benzene rings is 8. The van der Waals surface area contributed by atoms with E-state index in [0.29, 0.717) is 0 Å². The molecule has 0 aliphatic heterocycles. The van der Waals surface area contributed by atoms with Gasteiger partial charge in [0.2, 0.25) is 0 Å². The van der Waals surface area contributed by atoms with Gasteiger partial charge < -0.3 is 21.3 Å². The third-order valence-electron chi connectivity index (χ3n) is 28.6. The normalized spacial score (nSPS) is 18.5. The molecule has 4 atom stereocenters. The molecule has 0 aromatic heterocycles. The minimum atomic E-state index is -1.08. The molecule has 9 heteroatoms. The average molecular weight is 1770 g/mol. The fourth-order valence-electron chi connectivity index (χ4n) is 19.4. The van der Waals surface area contributed by atoms with Crippen molar-refractivity contribution in [2.24, 2.45) is 0 Å². The van der Waals surface area contributed by atoms with Crippen molar-refractivity contribution in [3.8, 4) is 0 Å². The van der Waals surface area contributed by atoms with E-state index >= 15 is 0 Å². The fraction of sp³-hybridized carbons (Fsp3) is 0.448. The van der Waals surface area contributed by atoms with E-state index in [9.17, 15) is 0 Å². The molecular weight excluding hydrogens is 1610 g/mol. The Bertz CT molecular complexity index is 3920. The van der Waals surface area contributed by atoms with Gasteiger partial charge in [-0.05, 0) is 83.1 Å². The van der Waals surface area contributed by atoms with Crippen LogP contribution in [-0.4, -0.2) is 83.5 Å². The maximum atomic E-state index is 5.03. The van der Waals surface area contributed by atoms with Crippen LogP contribution in [0.1, 0.15) is 265 Å². The molecule has 0 fully saturated rings. The predicted octanol–water partition coefficient (Wildman–Crippen LogP) is 27.2. The zero-order chi connectivity index (χ0) is 88.4. The summed E-state index contributed by atoms with van der Waals surface area (Å²) >= 11 is 0. The second-order valence-corrected chi connectivity index (χ2v) is 49.6. The second kappa shape index (κ2) is 55.2. The molecule has 4 aliphatic carbocycles. The van der Waals surface area contributed by atoms with Crippen LogP contribution in [0.25, 0.3) is 21.3 Å². The average Bonchev–Trinajstić information content (AvgIpc) is 1.66. The van der Waals surface area contributed by atoms with Crippen LogP contribution in [0, 0.1) is 0 Å². The Labute approximate surface area is 784 Å². The van der Waals surface area contributed by atoms with Crippen LogP contribution < -0.4 is 41.5 Å². The Kier molecular flexibility index (Phi) is 45.7. The van der Waals surface area contributed by atoms with Crippen LogP contribution in [0.15, 0.2) is 334 Å². The van der Waals surface area contributed by atoms with Crippen LogP contribution in [-0.2, 0) is 21.7 Å². The van der Waals surface area contributed by atoms with Gasteiger partial charge in [-0.3, -0.25) is 0 Å². The summed E-state index contributed by atoms with van der Waals surface area (Å²) in [6.45, 7) is 39.7. The van der Waals surface area contributed by atoms with E-state index in [0.717, 1.165) is 26.2 Å². The first-order valence-corrected chi connectivity index (χ1v) is 56.6.